The molecule has 0 atom stereocenters. The highest BCUT2D eigenvalue weighted by atomic mass is 16.6. The van der Waals surface area contributed by atoms with Crippen molar-refractivity contribution in [1.82, 2.24) is 0 Å². The molecular formula is C18H20N2O5. The van der Waals surface area contributed by atoms with Crippen molar-refractivity contribution in [1.29, 1.82) is 5.41 Å². The van der Waals surface area contributed by atoms with E-state index in [0.29, 0.717) is 10.8 Å². The minimum absolute atomic E-state index is 0.0926. The van der Waals surface area contributed by atoms with E-state index in [1.165, 1.54) is 12.5 Å². The van der Waals surface area contributed by atoms with Crippen LogP contribution in [0.5, 0.6) is 0 Å². The van der Waals surface area contributed by atoms with Crippen molar-refractivity contribution in [3.63, 3.8) is 0 Å². The van der Waals surface area contributed by atoms with Gasteiger partial charge in [0, 0.05) is 16.3 Å². The minimum atomic E-state index is -0.738. The third-order valence-corrected chi connectivity index (χ3v) is 4.33. The summed E-state index contributed by atoms with van der Waals surface area (Å²) in [7, 11) is 0. The molecule has 0 aliphatic heterocycles. The summed E-state index contributed by atoms with van der Waals surface area (Å²) in [5, 5.41) is 8.80. The number of furan rings is 1. The maximum atomic E-state index is 12.5. The van der Waals surface area contributed by atoms with Gasteiger partial charge in [-0.25, -0.2) is 9.59 Å². The molecule has 0 amide bonds. The van der Waals surface area contributed by atoms with Gasteiger partial charge in [-0.3, -0.25) is 5.41 Å². The number of ether oxygens (including phenoxy) is 2. The molecule has 7 heteroatoms. The fourth-order valence-corrected chi connectivity index (χ4v) is 3.08. The maximum absolute atomic E-state index is 12.5. The van der Waals surface area contributed by atoms with Crippen molar-refractivity contribution in [2.45, 2.75) is 38.2 Å². The Morgan fingerprint density at radius 3 is 2.68 bits per heavy atom. The summed E-state index contributed by atoms with van der Waals surface area (Å²) in [5.41, 5.74) is 5.90. The van der Waals surface area contributed by atoms with Gasteiger partial charge < -0.3 is 19.6 Å². The molecule has 1 aromatic heterocycles. The van der Waals surface area contributed by atoms with Crippen molar-refractivity contribution in [3.05, 3.63) is 35.8 Å². The highest BCUT2D eigenvalue weighted by Gasteiger charge is 2.22. The number of carbonyl (C=O) groups is 2. The van der Waals surface area contributed by atoms with Crippen LogP contribution in [0.25, 0.3) is 10.8 Å². The molecule has 1 aliphatic rings. The van der Waals surface area contributed by atoms with Gasteiger partial charge in [0.25, 0.3) is 0 Å². The molecule has 25 heavy (non-hydrogen) atoms. The van der Waals surface area contributed by atoms with Crippen molar-refractivity contribution >= 4 is 28.5 Å². The third kappa shape index (κ3) is 3.81. The van der Waals surface area contributed by atoms with E-state index in [0.717, 1.165) is 32.1 Å². The molecule has 0 bridgehead atoms. The summed E-state index contributed by atoms with van der Waals surface area (Å²) in [5.74, 6) is -1.57. The molecule has 1 aliphatic carbocycles. The predicted molar refractivity (Wildman–Crippen MR) is 90.5 cm³/mol. The smallest absolute Gasteiger partial charge is 0.344 e. The first kappa shape index (κ1) is 17.0. The second-order valence-corrected chi connectivity index (χ2v) is 6.10. The van der Waals surface area contributed by atoms with Crippen LogP contribution in [0, 0.1) is 5.41 Å². The number of rotatable bonds is 5. The van der Waals surface area contributed by atoms with Gasteiger partial charge in [-0.15, -0.1) is 0 Å². The van der Waals surface area contributed by atoms with Crippen LogP contribution in [0.1, 0.15) is 48.0 Å². The topological polar surface area (TPSA) is 116 Å². The van der Waals surface area contributed by atoms with Gasteiger partial charge in [0.2, 0.25) is 0 Å². The molecule has 3 rings (SSSR count). The van der Waals surface area contributed by atoms with Gasteiger partial charge in [0.15, 0.2) is 6.61 Å². The highest BCUT2D eigenvalue weighted by molar-refractivity contribution is 6.14. The Labute approximate surface area is 144 Å². The number of carbonyl (C=O) groups excluding carboxylic acids is 2. The molecule has 1 fully saturated rings. The SMILES string of the molecule is N=C(N)c1ccc2cocc2c1C(=O)OCC(=O)OC1CCCCC1. The standard InChI is InChI=1S/C18H20N2O5/c19-17(20)13-7-6-11-8-23-9-14(11)16(13)18(22)24-10-15(21)25-12-4-2-1-3-5-12/h6-9,12H,1-5,10H2,(H3,19,20). The van der Waals surface area contributed by atoms with Gasteiger partial charge in [-0.05, 0) is 31.7 Å². The predicted octanol–water partition coefficient (Wildman–Crippen LogP) is 2.75. The molecule has 0 radical (unpaired) electrons. The van der Waals surface area contributed by atoms with Crippen LogP contribution in [-0.4, -0.2) is 30.5 Å². The third-order valence-electron chi connectivity index (χ3n) is 4.33. The lowest BCUT2D eigenvalue weighted by Gasteiger charge is -2.21. The maximum Gasteiger partial charge on any atom is 0.344 e. The van der Waals surface area contributed by atoms with E-state index < -0.39 is 18.5 Å². The number of amidine groups is 1. The fourth-order valence-electron chi connectivity index (χ4n) is 3.08. The van der Waals surface area contributed by atoms with E-state index in [1.54, 1.807) is 12.1 Å². The van der Waals surface area contributed by atoms with E-state index in [2.05, 4.69) is 0 Å². The van der Waals surface area contributed by atoms with Crippen LogP contribution < -0.4 is 5.73 Å². The van der Waals surface area contributed by atoms with E-state index >= 15 is 0 Å². The number of esters is 2. The summed E-state index contributed by atoms with van der Waals surface area (Å²) in [6, 6.07) is 3.25. The van der Waals surface area contributed by atoms with Gasteiger partial charge in [-0.2, -0.15) is 0 Å². The Kier molecular flexibility index (Phi) is 5.02. The first-order valence-corrected chi connectivity index (χ1v) is 8.26. The van der Waals surface area contributed by atoms with Crippen molar-refractivity contribution in [2.24, 2.45) is 5.73 Å². The van der Waals surface area contributed by atoms with Crippen LogP contribution >= 0.6 is 0 Å². The van der Waals surface area contributed by atoms with Gasteiger partial charge >= 0.3 is 11.9 Å². The molecule has 3 N–H and O–H groups in total. The average Bonchev–Trinajstić information content (AvgIpc) is 3.08. The Hall–Kier alpha value is -2.83. The van der Waals surface area contributed by atoms with Crippen LogP contribution in [0.3, 0.4) is 0 Å². The van der Waals surface area contributed by atoms with Crippen molar-refractivity contribution in [2.75, 3.05) is 6.61 Å². The Morgan fingerprint density at radius 1 is 1.20 bits per heavy atom. The number of benzene rings is 1. The van der Waals surface area contributed by atoms with Crippen LogP contribution in [0.4, 0.5) is 0 Å². The largest absolute Gasteiger partial charge is 0.471 e. The fraction of sp³-hybridized carbons (Fsp3) is 0.389. The summed E-state index contributed by atoms with van der Waals surface area (Å²) in [6.07, 6.45) is 7.72. The zero-order chi connectivity index (χ0) is 17.8. The zero-order valence-electron chi connectivity index (χ0n) is 13.7. The molecular weight excluding hydrogens is 324 g/mol. The summed E-state index contributed by atoms with van der Waals surface area (Å²) >= 11 is 0. The Bertz CT molecular complexity index is 805. The lowest BCUT2D eigenvalue weighted by atomic mass is 9.98. The molecule has 1 heterocycles. The minimum Gasteiger partial charge on any atom is -0.471 e. The van der Waals surface area contributed by atoms with Crippen LogP contribution in [0.2, 0.25) is 0 Å². The molecule has 132 valence electrons. The van der Waals surface area contributed by atoms with E-state index in [-0.39, 0.29) is 23.1 Å². The van der Waals surface area contributed by atoms with Crippen molar-refractivity contribution in [3.8, 4) is 0 Å². The number of fused-ring (bicyclic) bond motifs is 1. The number of nitrogen functional groups attached to an aromatic ring is 1. The van der Waals surface area contributed by atoms with Crippen LogP contribution in [0.15, 0.2) is 29.1 Å². The first-order valence-electron chi connectivity index (χ1n) is 8.26. The second-order valence-electron chi connectivity index (χ2n) is 6.10. The van der Waals surface area contributed by atoms with E-state index in [1.807, 2.05) is 0 Å². The number of nitrogens with one attached hydrogen (secondary N) is 1. The van der Waals surface area contributed by atoms with Crippen molar-refractivity contribution < 1.29 is 23.5 Å². The molecule has 7 nitrogen and oxygen atoms in total. The summed E-state index contributed by atoms with van der Waals surface area (Å²) in [4.78, 5) is 24.3. The monoisotopic (exact) mass is 344 g/mol. The first-order chi connectivity index (χ1) is 12.1. The second kappa shape index (κ2) is 7.38. The summed E-state index contributed by atoms with van der Waals surface area (Å²) in [6.45, 7) is -0.471. The lowest BCUT2D eigenvalue weighted by Crippen LogP contribution is -2.25. The normalized spacial score (nSPS) is 15.0. The van der Waals surface area contributed by atoms with Gasteiger partial charge in [-0.1, -0.05) is 12.5 Å². The van der Waals surface area contributed by atoms with Gasteiger partial charge in [0.1, 0.15) is 11.9 Å². The zero-order valence-corrected chi connectivity index (χ0v) is 13.7. The lowest BCUT2D eigenvalue weighted by molar-refractivity contribution is -0.154. The molecule has 0 unspecified atom stereocenters. The highest BCUT2D eigenvalue weighted by Crippen LogP contribution is 2.25. The average molecular weight is 344 g/mol. The van der Waals surface area contributed by atoms with Crippen LogP contribution in [-0.2, 0) is 14.3 Å². The number of hydrogen-bond acceptors (Lipinski definition) is 6. The Balaban J connectivity index is 1.69. The van der Waals surface area contributed by atoms with E-state index in [9.17, 15) is 9.59 Å². The number of hydrogen-bond donors (Lipinski definition) is 2. The Morgan fingerprint density at radius 2 is 1.96 bits per heavy atom. The van der Waals surface area contributed by atoms with E-state index in [4.69, 9.17) is 25.0 Å². The number of nitrogens with two attached hydrogens (primary N) is 1. The molecule has 1 saturated carbocycles. The quantitative estimate of drug-likeness (QED) is 0.489. The summed E-state index contributed by atoms with van der Waals surface area (Å²) < 4.78 is 15.5. The van der Waals surface area contributed by atoms with Gasteiger partial charge in [0.05, 0.1) is 18.1 Å². The molecule has 1 aromatic carbocycles. The molecule has 0 spiro atoms. The molecule has 0 saturated heterocycles. The molecule has 2 aromatic rings.